The minimum atomic E-state index is -0.876. The summed E-state index contributed by atoms with van der Waals surface area (Å²) in [5.41, 5.74) is 2.69. The van der Waals surface area contributed by atoms with Crippen molar-refractivity contribution in [2.45, 2.75) is 13.0 Å². The average Bonchev–Trinajstić information content (AvgIpc) is 2.46. The number of nitrogens with zero attached hydrogens (tertiary/aromatic N) is 1. The highest BCUT2D eigenvalue weighted by molar-refractivity contribution is 5.87. The predicted octanol–water partition coefficient (Wildman–Crippen LogP) is 3.06. The summed E-state index contributed by atoms with van der Waals surface area (Å²) in [6, 6.07) is 17.5. The molecule has 1 N–H and O–H groups in total. The molecule has 0 saturated heterocycles. The van der Waals surface area contributed by atoms with Crippen molar-refractivity contribution >= 4 is 5.97 Å². The van der Waals surface area contributed by atoms with E-state index in [-0.39, 0.29) is 0 Å². The number of hydrogen-bond acceptors (Lipinski definition) is 2. The number of aromatic carboxylic acids is 1. The number of carboxylic acids is 1. The number of benzene rings is 2. The Hall–Kier alpha value is -2.13. The Balaban J connectivity index is 1.89. The minimum absolute atomic E-state index is 0.346. The van der Waals surface area contributed by atoms with Gasteiger partial charge in [-0.2, -0.15) is 0 Å². The van der Waals surface area contributed by atoms with Crippen LogP contribution in [0.15, 0.2) is 54.6 Å². The third-order valence-corrected chi connectivity index (χ3v) is 3.25. The highest BCUT2D eigenvalue weighted by Gasteiger charge is 2.05. The lowest BCUT2D eigenvalue weighted by Crippen LogP contribution is -2.20. The zero-order valence-electron chi connectivity index (χ0n) is 11.6. The molecule has 0 aromatic heterocycles. The molecule has 0 fully saturated rings. The molecule has 0 aliphatic rings. The number of likely N-dealkylation sites (N-methyl/N-ethyl adjacent to an activating group) is 1. The Morgan fingerprint density at radius 2 is 1.75 bits per heavy atom. The van der Waals surface area contributed by atoms with Gasteiger partial charge in [-0.25, -0.2) is 4.79 Å². The first-order valence-corrected chi connectivity index (χ1v) is 6.70. The van der Waals surface area contributed by atoms with Crippen molar-refractivity contribution in [3.8, 4) is 0 Å². The molecule has 0 saturated carbocycles. The molecule has 3 nitrogen and oxygen atoms in total. The Morgan fingerprint density at radius 1 is 1.05 bits per heavy atom. The fraction of sp³-hybridized carbons (Fsp3) is 0.235. The van der Waals surface area contributed by atoms with Crippen molar-refractivity contribution < 1.29 is 9.90 Å². The Labute approximate surface area is 119 Å². The Bertz CT molecular complexity index is 566. The van der Waals surface area contributed by atoms with Crippen molar-refractivity contribution in [2.24, 2.45) is 0 Å². The molecule has 0 aliphatic carbocycles. The quantitative estimate of drug-likeness (QED) is 0.876. The van der Waals surface area contributed by atoms with Gasteiger partial charge in [0.25, 0.3) is 0 Å². The first-order valence-electron chi connectivity index (χ1n) is 6.70. The largest absolute Gasteiger partial charge is 0.478 e. The molecule has 2 rings (SSSR count). The van der Waals surface area contributed by atoms with Crippen LogP contribution in [0.25, 0.3) is 0 Å². The van der Waals surface area contributed by atoms with Crippen LogP contribution in [-0.4, -0.2) is 29.6 Å². The van der Waals surface area contributed by atoms with E-state index >= 15 is 0 Å². The summed E-state index contributed by atoms with van der Waals surface area (Å²) in [4.78, 5) is 13.1. The van der Waals surface area contributed by atoms with Gasteiger partial charge in [0.2, 0.25) is 0 Å². The smallest absolute Gasteiger partial charge is 0.335 e. The minimum Gasteiger partial charge on any atom is -0.478 e. The molecule has 0 aliphatic heterocycles. The normalized spacial score (nSPS) is 10.7. The van der Waals surface area contributed by atoms with Crippen LogP contribution in [0.5, 0.6) is 0 Å². The van der Waals surface area contributed by atoms with Crippen molar-refractivity contribution in [1.29, 1.82) is 0 Å². The van der Waals surface area contributed by atoms with Crippen LogP contribution < -0.4 is 0 Å². The van der Waals surface area contributed by atoms with Gasteiger partial charge in [-0.15, -0.1) is 0 Å². The van der Waals surface area contributed by atoms with Crippen LogP contribution in [0.4, 0.5) is 0 Å². The van der Waals surface area contributed by atoms with Crippen LogP contribution in [0.2, 0.25) is 0 Å². The highest BCUT2D eigenvalue weighted by Crippen LogP contribution is 2.08. The average molecular weight is 269 g/mol. The van der Waals surface area contributed by atoms with Gasteiger partial charge in [-0.1, -0.05) is 42.5 Å². The van der Waals surface area contributed by atoms with E-state index in [1.54, 1.807) is 18.2 Å². The number of carbonyl (C=O) groups is 1. The summed E-state index contributed by atoms with van der Waals surface area (Å²) in [7, 11) is 2.05. The lowest BCUT2D eigenvalue weighted by Gasteiger charge is -2.17. The zero-order valence-corrected chi connectivity index (χ0v) is 11.6. The fourth-order valence-electron chi connectivity index (χ4n) is 2.16. The van der Waals surface area contributed by atoms with E-state index in [4.69, 9.17) is 5.11 Å². The van der Waals surface area contributed by atoms with Crippen LogP contribution >= 0.6 is 0 Å². The SMILES string of the molecule is CN(CCc1ccccc1)Cc1cccc(C(=O)O)c1. The predicted molar refractivity (Wildman–Crippen MR) is 79.9 cm³/mol. The van der Waals surface area contributed by atoms with Crippen molar-refractivity contribution in [1.82, 2.24) is 4.90 Å². The molecule has 104 valence electrons. The van der Waals surface area contributed by atoms with Gasteiger partial charge in [0, 0.05) is 13.1 Å². The second kappa shape index (κ2) is 6.87. The van der Waals surface area contributed by atoms with E-state index in [0.717, 1.165) is 25.1 Å². The molecule has 0 radical (unpaired) electrons. The van der Waals surface area contributed by atoms with E-state index in [1.807, 2.05) is 24.3 Å². The van der Waals surface area contributed by atoms with E-state index in [0.29, 0.717) is 5.56 Å². The van der Waals surface area contributed by atoms with Crippen LogP contribution in [0, 0.1) is 0 Å². The Morgan fingerprint density at radius 3 is 2.45 bits per heavy atom. The second-order valence-electron chi connectivity index (χ2n) is 4.98. The monoisotopic (exact) mass is 269 g/mol. The molecule has 0 spiro atoms. The van der Waals surface area contributed by atoms with Gasteiger partial charge in [0.15, 0.2) is 0 Å². The van der Waals surface area contributed by atoms with E-state index < -0.39 is 5.97 Å². The summed E-state index contributed by atoms with van der Waals surface area (Å²) in [5.74, 6) is -0.876. The van der Waals surface area contributed by atoms with Crippen LogP contribution in [0.1, 0.15) is 21.5 Å². The molecular formula is C17H19NO2. The van der Waals surface area contributed by atoms with Gasteiger partial charge >= 0.3 is 5.97 Å². The van der Waals surface area contributed by atoms with E-state index in [9.17, 15) is 4.79 Å². The van der Waals surface area contributed by atoms with Gasteiger partial charge in [-0.05, 0) is 36.7 Å². The molecule has 0 bridgehead atoms. The first kappa shape index (κ1) is 14.3. The molecule has 0 atom stereocenters. The first-order chi connectivity index (χ1) is 9.65. The molecule has 20 heavy (non-hydrogen) atoms. The molecule has 3 heteroatoms. The highest BCUT2D eigenvalue weighted by atomic mass is 16.4. The second-order valence-corrected chi connectivity index (χ2v) is 4.98. The summed E-state index contributed by atoms with van der Waals surface area (Å²) >= 11 is 0. The fourth-order valence-corrected chi connectivity index (χ4v) is 2.16. The topological polar surface area (TPSA) is 40.5 Å². The van der Waals surface area contributed by atoms with Crippen molar-refractivity contribution in [3.63, 3.8) is 0 Å². The molecule has 0 heterocycles. The third kappa shape index (κ3) is 4.21. The standard InChI is InChI=1S/C17H19NO2/c1-18(11-10-14-6-3-2-4-7-14)13-15-8-5-9-16(12-15)17(19)20/h2-9,12H,10-11,13H2,1H3,(H,19,20). The van der Waals surface area contributed by atoms with Crippen molar-refractivity contribution in [3.05, 3.63) is 71.3 Å². The maximum atomic E-state index is 10.9. The van der Waals surface area contributed by atoms with E-state index in [2.05, 4.69) is 24.1 Å². The van der Waals surface area contributed by atoms with Gasteiger partial charge in [-0.3, -0.25) is 0 Å². The number of carboxylic acid groups (broad SMARTS) is 1. The maximum Gasteiger partial charge on any atom is 0.335 e. The lowest BCUT2D eigenvalue weighted by atomic mass is 10.1. The van der Waals surface area contributed by atoms with Gasteiger partial charge < -0.3 is 10.0 Å². The maximum absolute atomic E-state index is 10.9. The number of rotatable bonds is 6. The molecule has 2 aromatic carbocycles. The lowest BCUT2D eigenvalue weighted by molar-refractivity contribution is 0.0696. The number of hydrogen-bond donors (Lipinski definition) is 1. The Kier molecular flexibility index (Phi) is 4.91. The molecule has 2 aromatic rings. The summed E-state index contributed by atoms with van der Waals surface area (Å²) in [5, 5.41) is 8.98. The van der Waals surface area contributed by atoms with Gasteiger partial charge in [0.1, 0.15) is 0 Å². The van der Waals surface area contributed by atoms with Crippen LogP contribution in [-0.2, 0) is 13.0 Å². The van der Waals surface area contributed by atoms with Crippen molar-refractivity contribution in [2.75, 3.05) is 13.6 Å². The van der Waals surface area contributed by atoms with E-state index in [1.165, 1.54) is 5.56 Å². The molecule has 0 unspecified atom stereocenters. The van der Waals surface area contributed by atoms with Crippen LogP contribution in [0.3, 0.4) is 0 Å². The summed E-state index contributed by atoms with van der Waals surface area (Å²) in [6.07, 6.45) is 0.996. The zero-order chi connectivity index (χ0) is 14.4. The third-order valence-electron chi connectivity index (χ3n) is 3.25. The van der Waals surface area contributed by atoms with Gasteiger partial charge in [0.05, 0.1) is 5.56 Å². The molecular weight excluding hydrogens is 250 g/mol. The molecule has 0 amide bonds. The summed E-state index contributed by atoms with van der Waals surface area (Å²) < 4.78 is 0. The summed E-state index contributed by atoms with van der Waals surface area (Å²) in [6.45, 7) is 1.70.